The van der Waals surface area contributed by atoms with Crippen LogP contribution < -0.4 is 5.32 Å². The summed E-state index contributed by atoms with van der Waals surface area (Å²) < 4.78 is 0. The molecule has 0 radical (unpaired) electrons. The van der Waals surface area contributed by atoms with Crippen LogP contribution in [0.4, 0.5) is 0 Å². The van der Waals surface area contributed by atoms with E-state index in [-0.39, 0.29) is 0 Å². The van der Waals surface area contributed by atoms with Crippen molar-refractivity contribution in [2.75, 3.05) is 7.05 Å². The molecule has 0 fully saturated rings. The lowest BCUT2D eigenvalue weighted by molar-refractivity contribution is 0.386. The monoisotopic (exact) mass is 198 g/mol. The van der Waals surface area contributed by atoms with Crippen molar-refractivity contribution in [3.63, 3.8) is 0 Å². The molecule has 74 valence electrons. The van der Waals surface area contributed by atoms with Gasteiger partial charge in [-0.05, 0) is 13.0 Å². The van der Waals surface area contributed by atoms with Crippen LogP contribution in [0.15, 0.2) is 11.6 Å². The van der Waals surface area contributed by atoms with Crippen molar-refractivity contribution < 1.29 is 0 Å². The second-order valence-corrected chi connectivity index (χ2v) is 4.39. The van der Waals surface area contributed by atoms with Gasteiger partial charge in [0.05, 0.1) is 5.01 Å². The van der Waals surface area contributed by atoms with Crippen LogP contribution in [0.1, 0.15) is 25.3 Å². The summed E-state index contributed by atoms with van der Waals surface area (Å²) in [5.74, 6) is 0.717. The van der Waals surface area contributed by atoms with Gasteiger partial charge in [-0.25, -0.2) is 4.98 Å². The fraction of sp³-hybridized carbons (Fsp3) is 0.700. The van der Waals surface area contributed by atoms with Crippen molar-refractivity contribution in [3.8, 4) is 0 Å². The maximum absolute atomic E-state index is 4.30. The van der Waals surface area contributed by atoms with Gasteiger partial charge in [0.2, 0.25) is 0 Å². The Labute approximate surface area is 84.4 Å². The van der Waals surface area contributed by atoms with E-state index in [4.69, 9.17) is 0 Å². The molecule has 1 N–H and O–H groups in total. The summed E-state index contributed by atoms with van der Waals surface area (Å²) >= 11 is 1.74. The molecule has 2 unspecified atom stereocenters. The smallest absolute Gasteiger partial charge is 0.0940 e. The topological polar surface area (TPSA) is 24.9 Å². The van der Waals surface area contributed by atoms with Crippen molar-refractivity contribution in [2.24, 2.45) is 5.92 Å². The lowest BCUT2D eigenvalue weighted by atomic mass is 9.97. The minimum Gasteiger partial charge on any atom is -0.316 e. The van der Waals surface area contributed by atoms with E-state index >= 15 is 0 Å². The molecule has 0 saturated carbocycles. The van der Waals surface area contributed by atoms with Gasteiger partial charge in [0.15, 0.2) is 0 Å². The van der Waals surface area contributed by atoms with E-state index in [0.717, 1.165) is 6.42 Å². The standard InChI is InChI=1S/C10H18N2S/c1-4-8(2)9(11-3)7-10-12-5-6-13-10/h5-6,8-9,11H,4,7H2,1-3H3. The van der Waals surface area contributed by atoms with Gasteiger partial charge in [-0.1, -0.05) is 20.3 Å². The number of nitrogens with one attached hydrogen (secondary N) is 1. The van der Waals surface area contributed by atoms with Crippen LogP contribution >= 0.6 is 11.3 Å². The average Bonchev–Trinajstić information content (AvgIpc) is 2.65. The van der Waals surface area contributed by atoms with E-state index < -0.39 is 0 Å². The van der Waals surface area contributed by atoms with Crippen LogP contribution in [0, 0.1) is 5.92 Å². The summed E-state index contributed by atoms with van der Waals surface area (Å²) in [6.07, 6.45) is 4.16. The minimum atomic E-state index is 0.566. The van der Waals surface area contributed by atoms with Gasteiger partial charge in [0.1, 0.15) is 0 Å². The molecule has 0 aliphatic carbocycles. The molecule has 0 aliphatic heterocycles. The Morgan fingerprint density at radius 3 is 2.85 bits per heavy atom. The van der Waals surface area contributed by atoms with Gasteiger partial charge in [0, 0.05) is 24.0 Å². The Morgan fingerprint density at radius 1 is 1.62 bits per heavy atom. The maximum Gasteiger partial charge on any atom is 0.0940 e. The quantitative estimate of drug-likeness (QED) is 0.785. The highest BCUT2D eigenvalue weighted by Crippen LogP contribution is 2.14. The number of likely N-dealkylation sites (N-methyl/N-ethyl adjacent to an activating group) is 1. The molecule has 3 heteroatoms. The highest BCUT2D eigenvalue weighted by molar-refractivity contribution is 7.09. The van der Waals surface area contributed by atoms with E-state index in [1.807, 2.05) is 18.6 Å². The summed E-state index contributed by atoms with van der Waals surface area (Å²) in [4.78, 5) is 4.30. The van der Waals surface area contributed by atoms with Crippen LogP contribution in [-0.2, 0) is 6.42 Å². The molecule has 0 bridgehead atoms. The second kappa shape index (κ2) is 5.35. The predicted octanol–water partition coefficient (Wildman–Crippen LogP) is 2.32. The molecule has 0 amide bonds. The first-order valence-corrected chi connectivity index (χ1v) is 5.71. The van der Waals surface area contributed by atoms with E-state index in [9.17, 15) is 0 Å². The average molecular weight is 198 g/mol. The zero-order chi connectivity index (χ0) is 9.68. The van der Waals surface area contributed by atoms with Crippen LogP contribution in [0.5, 0.6) is 0 Å². The van der Waals surface area contributed by atoms with Crippen LogP contribution in [0.3, 0.4) is 0 Å². The summed E-state index contributed by atoms with van der Waals surface area (Å²) in [5.41, 5.74) is 0. The van der Waals surface area contributed by atoms with Crippen molar-refractivity contribution in [1.82, 2.24) is 10.3 Å². The fourth-order valence-electron chi connectivity index (χ4n) is 1.41. The first kappa shape index (κ1) is 10.7. The largest absolute Gasteiger partial charge is 0.316 e. The SMILES string of the molecule is CCC(C)C(Cc1nccs1)NC. The van der Waals surface area contributed by atoms with E-state index in [0.29, 0.717) is 12.0 Å². The number of rotatable bonds is 5. The van der Waals surface area contributed by atoms with E-state index in [2.05, 4.69) is 24.1 Å². The van der Waals surface area contributed by atoms with E-state index in [1.165, 1.54) is 11.4 Å². The number of nitrogens with zero attached hydrogens (tertiary/aromatic N) is 1. The Hall–Kier alpha value is -0.410. The highest BCUT2D eigenvalue weighted by Gasteiger charge is 2.14. The second-order valence-electron chi connectivity index (χ2n) is 3.41. The third-order valence-corrected chi connectivity index (χ3v) is 3.38. The number of hydrogen-bond donors (Lipinski definition) is 1. The number of aromatic nitrogens is 1. The van der Waals surface area contributed by atoms with Crippen LogP contribution in [0.2, 0.25) is 0 Å². The Kier molecular flexibility index (Phi) is 4.39. The molecule has 2 atom stereocenters. The minimum absolute atomic E-state index is 0.566. The molecular formula is C10H18N2S. The first-order chi connectivity index (χ1) is 6.27. The Bertz CT molecular complexity index is 221. The molecular weight excluding hydrogens is 180 g/mol. The Morgan fingerprint density at radius 2 is 2.38 bits per heavy atom. The third-order valence-electron chi connectivity index (χ3n) is 2.58. The zero-order valence-electron chi connectivity index (χ0n) is 8.58. The van der Waals surface area contributed by atoms with Crippen LogP contribution in [0.25, 0.3) is 0 Å². The molecule has 0 aliphatic rings. The first-order valence-electron chi connectivity index (χ1n) is 4.83. The highest BCUT2D eigenvalue weighted by atomic mass is 32.1. The van der Waals surface area contributed by atoms with Crippen molar-refractivity contribution in [2.45, 2.75) is 32.7 Å². The molecule has 1 aromatic heterocycles. The number of thiazole rings is 1. The molecule has 0 saturated heterocycles. The van der Waals surface area contributed by atoms with Gasteiger partial charge in [-0.15, -0.1) is 11.3 Å². The van der Waals surface area contributed by atoms with Gasteiger partial charge < -0.3 is 5.32 Å². The molecule has 1 heterocycles. The molecule has 1 rings (SSSR count). The summed E-state index contributed by atoms with van der Waals surface area (Å²) in [5, 5.41) is 6.63. The summed E-state index contributed by atoms with van der Waals surface area (Å²) in [7, 11) is 2.03. The van der Waals surface area contributed by atoms with Crippen LogP contribution in [-0.4, -0.2) is 18.1 Å². The summed E-state index contributed by atoms with van der Waals surface area (Å²) in [6.45, 7) is 4.52. The normalized spacial score (nSPS) is 15.6. The molecule has 0 aromatic carbocycles. The predicted molar refractivity (Wildman–Crippen MR) is 58.1 cm³/mol. The molecule has 13 heavy (non-hydrogen) atoms. The van der Waals surface area contributed by atoms with Crippen molar-refractivity contribution in [3.05, 3.63) is 16.6 Å². The number of hydrogen-bond acceptors (Lipinski definition) is 3. The van der Waals surface area contributed by atoms with Crippen molar-refractivity contribution in [1.29, 1.82) is 0 Å². The maximum atomic E-state index is 4.30. The zero-order valence-corrected chi connectivity index (χ0v) is 9.40. The molecule has 0 spiro atoms. The third kappa shape index (κ3) is 3.08. The fourth-order valence-corrected chi connectivity index (χ4v) is 2.09. The molecule has 1 aromatic rings. The lowest BCUT2D eigenvalue weighted by Gasteiger charge is -2.21. The van der Waals surface area contributed by atoms with Gasteiger partial charge >= 0.3 is 0 Å². The van der Waals surface area contributed by atoms with Gasteiger partial charge in [-0.3, -0.25) is 0 Å². The van der Waals surface area contributed by atoms with Crippen molar-refractivity contribution >= 4 is 11.3 Å². The molecule has 2 nitrogen and oxygen atoms in total. The lowest BCUT2D eigenvalue weighted by Crippen LogP contribution is -2.33. The summed E-state index contributed by atoms with van der Waals surface area (Å²) in [6, 6.07) is 0.566. The van der Waals surface area contributed by atoms with E-state index in [1.54, 1.807) is 11.3 Å². The Balaban J connectivity index is 2.49. The van der Waals surface area contributed by atoms with Gasteiger partial charge in [0.25, 0.3) is 0 Å². The van der Waals surface area contributed by atoms with Gasteiger partial charge in [-0.2, -0.15) is 0 Å².